The number of carboxylic acid groups (broad SMARTS) is 1. The lowest BCUT2D eigenvalue weighted by Crippen LogP contribution is -2.46. The molecule has 2 aromatic rings. The minimum absolute atomic E-state index is 0.268. The molecule has 3 rings (SSSR count). The molecule has 0 spiro atoms. The van der Waals surface area contributed by atoms with Gasteiger partial charge < -0.3 is 5.11 Å². The summed E-state index contributed by atoms with van der Waals surface area (Å²) in [5.41, 5.74) is 1.75. The highest BCUT2D eigenvalue weighted by molar-refractivity contribution is 9.10. The van der Waals surface area contributed by atoms with Crippen LogP contribution in [-0.4, -0.2) is 28.6 Å². The molecule has 0 aliphatic carbocycles. The molecule has 1 aliphatic rings. The molecule has 126 valence electrons. The number of hydrogen-bond donors (Lipinski definition) is 1. The second kappa shape index (κ2) is 7.45. The van der Waals surface area contributed by atoms with Gasteiger partial charge >= 0.3 is 5.97 Å². The zero-order valence-electron chi connectivity index (χ0n) is 13.2. The molecule has 2 atom stereocenters. The van der Waals surface area contributed by atoms with Crippen LogP contribution in [0.15, 0.2) is 53.0 Å². The van der Waals surface area contributed by atoms with Crippen molar-refractivity contribution < 1.29 is 14.3 Å². The molecule has 1 aliphatic heterocycles. The van der Waals surface area contributed by atoms with E-state index in [1.165, 1.54) is 12.1 Å². The number of carbonyl (C=O) groups is 1. The van der Waals surface area contributed by atoms with Gasteiger partial charge in [-0.1, -0.05) is 46.6 Å². The van der Waals surface area contributed by atoms with Crippen LogP contribution in [0.5, 0.6) is 0 Å². The van der Waals surface area contributed by atoms with Crippen molar-refractivity contribution in [3.8, 4) is 0 Å². The molecule has 0 saturated carbocycles. The molecule has 1 heterocycles. The molecule has 2 unspecified atom stereocenters. The molecule has 0 amide bonds. The lowest BCUT2D eigenvalue weighted by Gasteiger charge is -2.39. The summed E-state index contributed by atoms with van der Waals surface area (Å²) in [6.07, 6.45) is 2.48. The lowest BCUT2D eigenvalue weighted by molar-refractivity contribution is -0.145. The van der Waals surface area contributed by atoms with Crippen LogP contribution in [-0.2, 0) is 4.79 Å². The van der Waals surface area contributed by atoms with Gasteiger partial charge in [-0.3, -0.25) is 9.69 Å². The van der Waals surface area contributed by atoms with E-state index in [2.05, 4.69) is 15.9 Å². The smallest absolute Gasteiger partial charge is 0.320 e. The van der Waals surface area contributed by atoms with Gasteiger partial charge in [-0.05, 0) is 54.8 Å². The largest absolute Gasteiger partial charge is 0.480 e. The maximum Gasteiger partial charge on any atom is 0.320 e. The summed E-state index contributed by atoms with van der Waals surface area (Å²) in [4.78, 5) is 13.7. The van der Waals surface area contributed by atoms with E-state index in [0.717, 1.165) is 28.4 Å². The summed E-state index contributed by atoms with van der Waals surface area (Å²) >= 11 is 3.43. The predicted octanol–water partition coefficient (Wildman–Crippen LogP) is 4.62. The van der Waals surface area contributed by atoms with Crippen molar-refractivity contribution in [3.63, 3.8) is 0 Å². The Bertz CT molecular complexity index is 720. The van der Waals surface area contributed by atoms with Crippen molar-refractivity contribution in [3.05, 3.63) is 69.9 Å². The summed E-state index contributed by atoms with van der Waals surface area (Å²) in [6.45, 7) is 0.689. The minimum atomic E-state index is -0.812. The zero-order chi connectivity index (χ0) is 17.1. The number of likely N-dealkylation sites (tertiary alicyclic amines) is 1. The van der Waals surface area contributed by atoms with Crippen LogP contribution in [0.25, 0.3) is 0 Å². The molecule has 0 bridgehead atoms. The molecule has 0 radical (unpaired) electrons. The van der Waals surface area contributed by atoms with Gasteiger partial charge in [0.25, 0.3) is 0 Å². The van der Waals surface area contributed by atoms with E-state index < -0.39 is 12.0 Å². The van der Waals surface area contributed by atoms with Crippen molar-refractivity contribution in [1.82, 2.24) is 4.90 Å². The standard InChI is InChI=1S/C19H19BrFNO2/c20-15-9-7-13(8-10-15)18(14-4-3-5-16(21)12-14)22-11-2-1-6-17(22)19(23)24/h3-5,7-10,12,17-18H,1-2,6,11H2,(H,23,24). The first-order valence-corrected chi connectivity index (χ1v) is 8.85. The number of carboxylic acids is 1. The molecule has 3 nitrogen and oxygen atoms in total. The summed E-state index contributed by atoms with van der Waals surface area (Å²) < 4.78 is 14.7. The van der Waals surface area contributed by atoms with Crippen LogP contribution in [0.4, 0.5) is 4.39 Å². The number of piperidine rings is 1. The van der Waals surface area contributed by atoms with Gasteiger partial charge in [0.2, 0.25) is 0 Å². The Labute approximate surface area is 149 Å². The van der Waals surface area contributed by atoms with E-state index in [9.17, 15) is 14.3 Å². The van der Waals surface area contributed by atoms with Crippen molar-refractivity contribution in [2.24, 2.45) is 0 Å². The molecule has 1 N–H and O–H groups in total. The van der Waals surface area contributed by atoms with E-state index in [1.54, 1.807) is 6.07 Å². The summed E-state index contributed by atoms with van der Waals surface area (Å²) in [6, 6.07) is 13.4. The Morgan fingerprint density at radius 2 is 1.92 bits per heavy atom. The van der Waals surface area contributed by atoms with Gasteiger partial charge in [0.15, 0.2) is 0 Å². The minimum Gasteiger partial charge on any atom is -0.480 e. The number of rotatable bonds is 4. The summed E-state index contributed by atoms with van der Waals surface area (Å²) in [5, 5.41) is 9.63. The summed E-state index contributed by atoms with van der Waals surface area (Å²) in [7, 11) is 0. The Kier molecular flexibility index (Phi) is 5.31. The highest BCUT2D eigenvalue weighted by Gasteiger charge is 2.35. The number of hydrogen-bond acceptors (Lipinski definition) is 2. The third kappa shape index (κ3) is 3.68. The Morgan fingerprint density at radius 3 is 2.58 bits per heavy atom. The molecular formula is C19H19BrFNO2. The number of halogens is 2. The molecule has 0 aromatic heterocycles. The first-order valence-electron chi connectivity index (χ1n) is 8.06. The number of aliphatic carboxylic acids is 1. The lowest BCUT2D eigenvalue weighted by atomic mass is 9.91. The normalized spacial score (nSPS) is 19.8. The maximum atomic E-state index is 13.8. The summed E-state index contributed by atoms with van der Waals surface area (Å²) in [5.74, 6) is -1.12. The third-order valence-electron chi connectivity index (χ3n) is 4.51. The quantitative estimate of drug-likeness (QED) is 0.826. The molecular weight excluding hydrogens is 373 g/mol. The van der Waals surface area contributed by atoms with E-state index in [-0.39, 0.29) is 11.9 Å². The monoisotopic (exact) mass is 391 g/mol. The second-order valence-corrected chi connectivity index (χ2v) is 7.01. The van der Waals surface area contributed by atoms with Crippen molar-refractivity contribution in [2.45, 2.75) is 31.3 Å². The fourth-order valence-electron chi connectivity index (χ4n) is 3.43. The zero-order valence-corrected chi connectivity index (χ0v) is 14.7. The van der Waals surface area contributed by atoms with E-state index in [0.29, 0.717) is 13.0 Å². The average Bonchev–Trinajstić information content (AvgIpc) is 2.57. The van der Waals surface area contributed by atoms with Crippen LogP contribution >= 0.6 is 15.9 Å². The van der Waals surface area contributed by atoms with Gasteiger partial charge in [-0.25, -0.2) is 4.39 Å². The van der Waals surface area contributed by atoms with E-state index in [4.69, 9.17) is 0 Å². The number of benzene rings is 2. The Balaban J connectivity index is 2.07. The van der Waals surface area contributed by atoms with Crippen molar-refractivity contribution >= 4 is 21.9 Å². The maximum absolute atomic E-state index is 13.8. The van der Waals surface area contributed by atoms with Crippen molar-refractivity contribution in [1.29, 1.82) is 0 Å². The fraction of sp³-hybridized carbons (Fsp3) is 0.316. The Morgan fingerprint density at radius 1 is 1.17 bits per heavy atom. The molecule has 5 heteroatoms. The molecule has 1 fully saturated rings. The van der Waals surface area contributed by atoms with Gasteiger partial charge in [-0.15, -0.1) is 0 Å². The number of nitrogens with zero attached hydrogens (tertiary/aromatic N) is 1. The topological polar surface area (TPSA) is 40.5 Å². The van der Waals surface area contributed by atoms with Gasteiger partial charge in [0, 0.05) is 4.47 Å². The Hall–Kier alpha value is -1.72. The highest BCUT2D eigenvalue weighted by Crippen LogP contribution is 2.35. The van der Waals surface area contributed by atoms with Crippen LogP contribution in [0.3, 0.4) is 0 Å². The fourth-order valence-corrected chi connectivity index (χ4v) is 3.69. The molecule has 1 saturated heterocycles. The van der Waals surface area contributed by atoms with Crippen LogP contribution in [0.1, 0.15) is 36.4 Å². The second-order valence-electron chi connectivity index (χ2n) is 6.10. The van der Waals surface area contributed by atoms with Gasteiger partial charge in [0.05, 0.1) is 6.04 Å². The first kappa shape index (κ1) is 17.1. The third-order valence-corrected chi connectivity index (χ3v) is 5.04. The highest BCUT2D eigenvalue weighted by atomic mass is 79.9. The predicted molar refractivity (Wildman–Crippen MR) is 94.4 cm³/mol. The van der Waals surface area contributed by atoms with Crippen LogP contribution in [0.2, 0.25) is 0 Å². The molecule has 24 heavy (non-hydrogen) atoms. The van der Waals surface area contributed by atoms with E-state index in [1.807, 2.05) is 35.2 Å². The van der Waals surface area contributed by atoms with Crippen LogP contribution in [0, 0.1) is 5.82 Å². The van der Waals surface area contributed by atoms with Gasteiger partial charge in [0.1, 0.15) is 11.9 Å². The van der Waals surface area contributed by atoms with Crippen molar-refractivity contribution in [2.75, 3.05) is 6.54 Å². The van der Waals surface area contributed by atoms with E-state index >= 15 is 0 Å². The van der Waals surface area contributed by atoms with Crippen LogP contribution < -0.4 is 0 Å². The van der Waals surface area contributed by atoms with Gasteiger partial charge in [-0.2, -0.15) is 0 Å². The SMILES string of the molecule is O=C(O)C1CCCCN1C(c1ccc(Br)cc1)c1cccc(F)c1. The first-order chi connectivity index (χ1) is 11.6. The average molecular weight is 392 g/mol. The molecule has 2 aromatic carbocycles.